The number of carbonyl (C=O) groups excluding carboxylic acids is 13. The van der Waals surface area contributed by atoms with Gasteiger partial charge >= 0.3 is 12.0 Å². The molecule has 0 unspecified atom stereocenters. The maximum absolute atomic E-state index is 15.0. The molecular weight excluding hydrogens is 1330 g/mol. The molecule has 6 rings (SSSR count). The van der Waals surface area contributed by atoms with E-state index in [9.17, 15) is 72.5 Å². The van der Waals surface area contributed by atoms with Crippen LogP contribution in [0.5, 0.6) is 0 Å². The van der Waals surface area contributed by atoms with E-state index in [2.05, 4.69) is 63.5 Å². The standard InChI is InChI=1S/C67H87N17O16S/c1-38(2)66(98)100-32-31-83(67(99)84-51-34-43(101-52-17-10-9-16-45(52)59(91)70-5)19-20-44(51)46(82-84)21-18-42-15-11-12-28-71-42)30-25-53(87)80-58(40(4)86)65(97)79-48(23-27-69)63(95)78-49-24-29-72-64(96)57(39(3)85)81-56(90)37-74-60(92)47(22-26-68)76-54(88)35-75-62(94)50(33-41-13-7-6-8-14-41)77-55(89)36-73-61(49)93/h6-21,28,34,38-40,47-50,57-58,85-86H,22-27,29-33,35-37,68-69H2,1-5H3,(H,70,91)(H,72,96)(H,73,93)(H,74,92)(H,75,94)(H,76,88)(H,77,89)(H,78,95)(H,79,97)(H,80,87)(H,81,90)/b21-18+/t39-,40-,47+,48+,49+,50-,57+,58+/m1/s1. The second kappa shape index (κ2) is 39.8. The summed E-state index contributed by atoms with van der Waals surface area (Å²) in [6.07, 6.45) is 0.289. The van der Waals surface area contributed by atoms with Crippen molar-refractivity contribution < 1.29 is 77.3 Å². The lowest BCUT2D eigenvalue weighted by Crippen LogP contribution is -2.60. The van der Waals surface area contributed by atoms with Crippen LogP contribution in [-0.2, 0) is 63.9 Å². The Morgan fingerprint density at radius 2 is 1.39 bits per heavy atom. The van der Waals surface area contributed by atoms with Gasteiger partial charge in [0.05, 0.1) is 66.8 Å². The first-order chi connectivity index (χ1) is 48.3. The number of hydrogen-bond donors (Lipinski definition) is 15. The number of nitrogens with one attached hydrogen (secondary N) is 11. The lowest BCUT2D eigenvalue weighted by Gasteiger charge is -2.27. The van der Waals surface area contributed by atoms with Crippen LogP contribution >= 0.6 is 11.8 Å². The Morgan fingerprint density at radius 3 is 2.03 bits per heavy atom. The van der Waals surface area contributed by atoms with Gasteiger partial charge in [-0.2, -0.15) is 9.78 Å². The summed E-state index contributed by atoms with van der Waals surface area (Å²) in [5.74, 6) is -10.9. The number of rotatable bonds is 25. The summed E-state index contributed by atoms with van der Waals surface area (Å²) in [4.78, 5) is 184. The van der Waals surface area contributed by atoms with Gasteiger partial charge in [0.15, 0.2) is 0 Å². The predicted octanol–water partition coefficient (Wildman–Crippen LogP) is -2.55. The number of esters is 1. The maximum atomic E-state index is 15.0. The topological polar surface area (TPSA) is 490 Å². The molecule has 2 aromatic heterocycles. The second-order valence-corrected chi connectivity index (χ2v) is 24.7. The fraction of sp³-hybridized carbons (Fsp3) is 0.418. The van der Waals surface area contributed by atoms with Gasteiger partial charge in [-0.25, -0.2) is 4.79 Å². The highest BCUT2D eigenvalue weighted by Gasteiger charge is 2.34. The molecule has 542 valence electrons. The van der Waals surface area contributed by atoms with Gasteiger partial charge in [-0.05, 0) is 106 Å². The number of aliphatic hydroxyl groups is 2. The summed E-state index contributed by atoms with van der Waals surface area (Å²) in [7, 11) is 1.51. The summed E-state index contributed by atoms with van der Waals surface area (Å²) in [5.41, 5.74) is 13.9. The molecule has 17 N–H and O–H groups in total. The Kier molecular flexibility index (Phi) is 31.2. The van der Waals surface area contributed by atoms with Crippen molar-refractivity contribution in [3.63, 3.8) is 0 Å². The van der Waals surface area contributed by atoms with Crippen LogP contribution in [0.15, 0.2) is 107 Å². The second-order valence-electron chi connectivity index (χ2n) is 23.6. The molecule has 0 bridgehead atoms. The fourth-order valence-electron chi connectivity index (χ4n) is 10.0. The number of amides is 12. The normalized spacial score (nSPS) is 18.2. The van der Waals surface area contributed by atoms with Crippen LogP contribution in [0.4, 0.5) is 4.79 Å². The number of aliphatic hydroxyl groups excluding tert-OH is 2. The van der Waals surface area contributed by atoms with Gasteiger partial charge in [0.1, 0.15) is 42.9 Å². The molecular formula is C67H87N17O16S. The van der Waals surface area contributed by atoms with Gasteiger partial charge in [-0.15, -0.1) is 0 Å². The third-order valence-corrected chi connectivity index (χ3v) is 16.5. The molecule has 0 spiro atoms. The summed E-state index contributed by atoms with van der Waals surface area (Å²) < 4.78 is 6.59. The molecule has 0 aliphatic carbocycles. The van der Waals surface area contributed by atoms with Crippen LogP contribution in [0.3, 0.4) is 0 Å². The van der Waals surface area contributed by atoms with Crippen LogP contribution in [0.1, 0.15) is 80.7 Å². The molecule has 1 aliphatic rings. The zero-order valence-electron chi connectivity index (χ0n) is 56.4. The molecule has 3 heterocycles. The average molecular weight is 1420 g/mol. The number of ether oxygens (including phenoxy) is 1. The summed E-state index contributed by atoms with van der Waals surface area (Å²) in [6.45, 7) is 1.58. The van der Waals surface area contributed by atoms with E-state index >= 15 is 0 Å². The lowest BCUT2D eigenvalue weighted by molar-refractivity contribution is -0.147. The molecule has 34 heteroatoms. The quantitative estimate of drug-likeness (QED) is 0.0268. The van der Waals surface area contributed by atoms with Crippen LogP contribution in [0.2, 0.25) is 0 Å². The number of carbonyl (C=O) groups is 13. The van der Waals surface area contributed by atoms with Gasteiger partial charge in [-0.3, -0.25) is 62.5 Å². The van der Waals surface area contributed by atoms with E-state index < -0.39 is 164 Å². The summed E-state index contributed by atoms with van der Waals surface area (Å²) >= 11 is 1.26. The van der Waals surface area contributed by atoms with Crippen LogP contribution < -0.4 is 70.0 Å². The van der Waals surface area contributed by atoms with E-state index in [1.54, 1.807) is 123 Å². The molecule has 33 nitrogen and oxygen atoms in total. The zero-order chi connectivity index (χ0) is 73.7. The first-order valence-electron chi connectivity index (χ1n) is 32.6. The zero-order valence-corrected chi connectivity index (χ0v) is 57.3. The molecule has 0 radical (unpaired) electrons. The van der Waals surface area contributed by atoms with Crippen molar-refractivity contribution in [2.24, 2.45) is 17.4 Å². The number of aromatic nitrogens is 3. The summed E-state index contributed by atoms with van der Waals surface area (Å²) in [5, 5.41) is 53.7. The number of benzene rings is 3. The van der Waals surface area contributed by atoms with Crippen molar-refractivity contribution >= 4 is 112 Å². The molecule has 1 saturated heterocycles. The average Bonchev–Trinajstić information content (AvgIpc) is 1.64. The minimum atomic E-state index is -1.78. The molecule has 0 saturated carbocycles. The number of nitrogens with zero attached hydrogens (tertiary/aromatic N) is 4. The Morgan fingerprint density at radius 1 is 0.733 bits per heavy atom. The van der Waals surface area contributed by atoms with Crippen molar-refractivity contribution in [1.82, 2.24) is 78.1 Å². The van der Waals surface area contributed by atoms with Gasteiger partial charge in [0.2, 0.25) is 59.1 Å². The highest BCUT2D eigenvalue weighted by molar-refractivity contribution is 7.99. The Balaban J connectivity index is 1.22. The Labute approximate surface area is 586 Å². The van der Waals surface area contributed by atoms with E-state index in [1.807, 2.05) is 0 Å². The van der Waals surface area contributed by atoms with E-state index in [4.69, 9.17) is 21.3 Å². The maximum Gasteiger partial charge on any atom is 0.345 e. The van der Waals surface area contributed by atoms with Crippen molar-refractivity contribution in [2.75, 3.05) is 66.0 Å². The van der Waals surface area contributed by atoms with E-state index in [0.717, 1.165) is 4.68 Å². The monoisotopic (exact) mass is 1420 g/mol. The van der Waals surface area contributed by atoms with Crippen molar-refractivity contribution in [2.45, 2.75) is 118 Å². The third kappa shape index (κ3) is 24.6. The number of hydrogen-bond acceptors (Lipinski definition) is 21. The lowest BCUT2D eigenvalue weighted by atomic mass is 10.1. The fourth-order valence-corrected chi connectivity index (χ4v) is 11.0. The number of fused-ring (bicyclic) bond motifs is 1. The predicted molar refractivity (Wildman–Crippen MR) is 369 cm³/mol. The van der Waals surface area contributed by atoms with Gasteiger partial charge in [0, 0.05) is 54.4 Å². The SMILES string of the molecule is CNC(=O)c1ccccc1Sc1ccc2c(/C=C/c3ccccn3)nn(C(=O)N(CCOC(=O)C(C)C)CCC(=O)N[C@H](C(=O)N[C@@H](CCN)C(=O)N[C@H]3CCNC(=O)[C@H]([C@@H](C)O)NC(=O)CNC(=O)[C@H](CCN)NC(=O)CNC(=O)[C@@H](Cc4ccccc4)NC(=O)CNC3=O)[C@@H](C)O)c2c1. The molecule has 1 aliphatic heterocycles. The molecule has 5 aromatic rings. The van der Waals surface area contributed by atoms with E-state index in [-0.39, 0.29) is 58.0 Å². The third-order valence-electron chi connectivity index (χ3n) is 15.4. The Bertz CT molecular complexity index is 3780. The smallest absolute Gasteiger partial charge is 0.345 e. The van der Waals surface area contributed by atoms with Gasteiger partial charge in [0.25, 0.3) is 5.91 Å². The van der Waals surface area contributed by atoms with Crippen LogP contribution in [0.25, 0.3) is 23.1 Å². The van der Waals surface area contributed by atoms with E-state index in [0.29, 0.717) is 43.2 Å². The van der Waals surface area contributed by atoms with Gasteiger partial charge in [-0.1, -0.05) is 74.1 Å². The molecule has 1 fully saturated rings. The van der Waals surface area contributed by atoms with E-state index in [1.165, 1.54) is 37.6 Å². The van der Waals surface area contributed by atoms with Crippen LogP contribution in [0, 0.1) is 5.92 Å². The minimum Gasteiger partial charge on any atom is -0.464 e. The first kappa shape index (κ1) is 79.3. The largest absolute Gasteiger partial charge is 0.464 e. The molecule has 101 heavy (non-hydrogen) atoms. The van der Waals surface area contributed by atoms with Crippen LogP contribution in [-0.4, -0.2) is 221 Å². The minimum absolute atomic E-state index is 0.0880. The number of pyridine rings is 1. The van der Waals surface area contributed by atoms with Crippen molar-refractivity contribution in [3.8, 4) is 0 Å². The van der Waals surface area contributed by atoms with Crippen molar-refractivity contribution in [1.29, 1.82) is 0 Å². The molecule has 3 aromatic carbocycles. The first-order valence-corrected chi connectivity index (χ1v) is 33.4. The highest BCUT2D eigenvalue weighted by atomic mass is 32.2. The number of nitrogens with two attached hydrogens (primary N) is 2. The molecule has 8 atom stereocenters. The highest BCUT2D eigenvalue weighted by Crippen LogP contribution is 2.34. The Hall–Kier alpha value is -10.7. The summed E-state index contributed by atoms with van der Waals surface area (Å²) in [6, 6.07) is 15.9. The molecule has 12 amide bonds. The van der Waals surface area contributed by atoms with Gasteiger partial charge < -0.3 is 89.8 Å². The van der Waals surface area contributed by atoms with Crippen molar-refractivity contribution in [3.05, 3.63) is 120 Å².